The van der Waals surface area contributed by atoms with E-state index in [1.165, 1.54) is 7.11 Å². The molecule has 17 heavy (non-hydrogen) atoms. The van der Waals surface area contributed by atoms with Crippen molar-refractivity contribution in [3.05, 3.63) is 0 Å². The first-order valence-corrected chi connectivity index (χ1v) is 5.59. The molecule has 0 bridgehead atoms. The maximum Gasteiger partial charge on any atom is 0.407 e. The average Bonchev–Trinajstić information content (AvgIpc) is 2.22. The van der Waals surface area contributed by atoms with E-state index in [0.29, 0.717) is 12.8 Å². The lowest BCUT2D eigenvalue weighted by molar-refractivity contribution is -0.139. The van der Waals surface area contributed by atoms with E-state index in [2.05, 4.69) is 10.1 Å². The Labute approximate surface area is 101 Å². The third-order valence-corrected chi connectivity index (χ3v) is 2.14. The van der Waals surface area contributed by atoms with Crippen LogP contribution in [-0.2, 0) is 14.3 Å². The minimum absolute atomic E-state index is 0.0451. The summed E-state index contributed by atoms with van der Waals surface area (Å²) in [5.41, 5.74) is 0. The highest BCUT2D eigenvalue weighted by molar-refractivity contribution is 5.79. The minimum atomic E-state index is -1.08. The van der Waals surface area contributed by atoms with Crippen molar-refractivity contribution >= 4 is 12.1 Å². The van der Waals surface area contributed by atoms with Crippen LogP contribution in [0.2, 0.25) is 0 Å². The predicted molar refractivity (Wildman–Crippen MR) is 61.9 cm³/mol. The van der Waals surface area contributed by atoms with Gasteiger partial charge in [-0.15, -0.1) is 0 Å². The second-order valence-electron chi connectivity index (χ2n) is 4.10. The molecule has 0 aliphatic carbocycles. The Morgan fingerprint density at radius 2 is 1.82 bits per heavy atom. The zero-order valence-corrected chi connectivity index (χ0v) is 10.7. The Bertz CT molecular complexity index is 254. The first kappa shape index (κ1) is 15.7. The highest BCUT2D eigenvalue weighted by Gasteiger charge is 2.21. The van der Waals surface area contributed by atoms with Gasteiger partial charge < -0.3 is 19.9 Å². The molecule has 100 valence electrons. The van der Waals surface area contributed by atoms with E-state index in [1.54, 1.807) is 0 Å². The van der Waals surface area contributed by atoms with Crippen molar-refractivity contribution < 1.29 is 24.2 Å². The van der Waals surface area contributed by atoms with Gasteiger partial charge in [0.05, 0.1) is 19.3 Å². The van der Waals surface area contributed by atoms with E-state index in [4.69, 9.17) is 9.84 Å². The van der Waals surface area contributed by atoms with Crippen LogP contribution in [-0.4, -0.2) is 42.5 Å². The van der Waals surface area contributed by atoms with Crippen LogP contribution in [0.15, 0.2) is 0 Å². The molecular formula is C11H21NO5. The summed E-state index contributed by atoms with van der Waals surface area (Å²) in [6.45, 7) is 5.70. The Kier molecular flexibility index (Phi) is 7.29. The molecule has 0 saturated carbocycles. The second kappa shape index (κ2) is 7.89. The van der Waals surface area contributed by atoms with Gasteiger partial charge in [0.2, 0.25) is 0 Å². The zero-order valence-electron chi connectivity index (χ0n) is 10.7. The van der Waals surface area contributed by atoms with Gasteiger partial charge in [0.25, 0.3) is 0 Å². The molecule has 0 saturated heterocycles. The molecule has 1 amide bonds. The van der Waals surface area contributed by atoms with Gasteiger partial charge in [-0.2, -0.15) is 0 Å². The van der Waals surface area contributed by atoms with E-state index >= 15 is 0 Å². The molecule has 0 spiro atoms. The normalized spacial score (nSPS) is 14.2. The fourth-order valence-electron chi connectivity index (χ4n) is 1.39. The molecular weight excluding hydrogens is 226 g/mol. The van der Waals surface area contributed by atoms with Gasteiger partial charge in [-0.1, -0.05) is 0 Å². The Balaban J connectivity index is 4.09. The number of ether oxygens (including phenoxy) is 2. The summed E-state index contributed by atoms with van der Waals surface area (Å²) in [4.78, 5) is 21.8. The number of hydrogen-bond donors (Lipinski definition) is 2. The number of rotatable bonds is 7. The SMILES string of the molecule is COC(=O)NC(CCC(C)OC(C)C)C(=O)O. The average molecular weight is 247 g/mol. The summed E-state index contributed by atoms with van der Waals surface area (Å²) in [5, 5.41) is 11.2. The molecule has 0 rings (SSSR count). The van der Waals surface area contributed by atoms with Crippen molar-refractivity contribution in [3.8, 4) is 0 Å². The number of alkyl carbamates (subject to hydrolysis) is 1. The lowest BCUT2D eigenvalue weighted by Crippen LogP contribution is -2.41. The van der Waals surface area contributed by atoms with E-state index in [-0.39, 0.29) is 12.2 Å². The Morgan fingerprint density at radius 3 is 2.24 bits per heavy atom. The molecule has 6 nitrogen and oxygen atoms in total. The zero-order chi connectivity index (χ0) is 13.4. The Morgan fingerprint density at radius 1 is 1.24 bits per heavy atom. The van der Waals surface area contributed by atoms with Gasteiger partial charge >= 0.3 is 12.1 Å². The molecule has 0 fully saturated rings. The maximum absolute atomic E-state index is 10.9. The van der Waals surface area contributed by atoms with Gasteiger partial charge in [-0.3, -0.25) is 0 Å². The van der Waals surface area contributed by atoms with Crippen LogP contribution in [0, 0.1) is 0 Å². The summed E-state index contributed by atoms with van der Waals surface area (Å²) in [6, 6.07) is -0.944. The highest BCUT2D eigenvalue weighted by atomic mass is 16.5. The lowest BCUT2D eigenvalue weighted by Gasteiger charge is -2.18. The number of methoxy groups -OCH3 is 1. The number of amides is 1. The minimum Gasteiger partial charge on any atom is -0.480 e. The first-order valence-electron chi connectivity index (χ1n) is 5.59. The first-order chi connectivity index (χ1) is 7.86. The van der Waals surface area contributed by atoms with Crippen LogP contribution in [0.25, 0.3) is 0 Å². The molecule has 0 aliphatic heterocycles. The summed E-state index contributed by atoms with van der Waals surface area (Å²) in [7, 11) is 1.19. The van der Waals surface area contributed by atoms with E-state index in [9.17, 15) is 9.59 Å². The van der Waals surface area contributed by atoms with Gasteiger partial charge in [0, 0.05) is 0 Å². The molecule has 0 aromatic heterocycles. The maximum atomic E-state index is 10.9. The quantitative estimate of drug-likeness (QED) is 0.710. The number of hydrogen-bond acceptors (Lipinski definition) is 4. The molecule has 0 radical (unpaired) electrons. The van der Waals surface area contributed by atoms with Crippen LogP contribution in [0.1, 0.15) is 33.6 Å². The Hall–Kier alpha value is -1.30. The lowest BCUT2D eigenvalue weighted by atomic mass is 10.1. The van der Waals surface area contributed by atoms with E-state index in [1.807, 2.05) is 20.8 Å². The predicted octanol–water partition coefficient (Wildman–Crippen LogP) is 1.39. The highest BCUT2D eigenvalue weighted by Crippen LogP contribution is 2.08. The van der Waals surface area contributed by atoms with Crippen molar-refractivity contribution in [2.75, 3.05) is 7.11 Å². The fraction of sp³-hybridized carbons (Fsp3) is 0.818. The van der Waals surface area contributed by atoms with Crippen LogP contribution in [0.5, 0.6) is 0 Å². The number of carboxylic acid groups (broad SMARTS) is 1. The van der Waals surface area contributed by atoms with Crippen molar-refractivity contribution in [2.45, 2.75) is 51.9 Å². The van der Waals surface area contributed by atoms with Crippen molar-refractivity contribution in [2.24, 2.45) is 0 Å². The van der Waals surface area contributed by atoms with Crippen molar-refractivity contribution in [3.63, 3.8) is 0 Å². The number of carbonyl (C=O) groups is 2. The van der Waals surface area contributed by atoms with Crippen LogP contribution in [0.4, 0.5) is 4.79 Å². The van der Waals surface area contributed by atoms with Gasteiger partial charge in [-0.05, 0) is 33.6 Å². The fourth-order valence-corrected chi connectivity index (χ4v) is 1.39. The third kappa shape index (κ3) is 7.57. The topological polar surface area (TPSA) is 84.9 Å². The molecule has 2 atom stereocenters. The summed E-state index contributed by atoms with van der Waals surface area (Å²) >= 11 is 0. The number of carbonyl (C=O) groups excluding carboxylic acids is 1. The third-order valence-electron chi connectivity index (χ3n) is 2.14. The summed E-state index contributed by atoms with van der Waals surface area (Å²) in [5.74, 6) is -1.08. The van der Waals surface area contributed by atoms with Crippen LogP contribution < -0.4 is 5.32 Å². The van der Waals surface area contributed by atoms with Crippen molar-refractivity contribution in [1.29, 1.82) is 0 Å². The molecule has 0 aromatic carbocycles. The number of carboxylic acids is 1. The van der Waals surface area contributed by atoms with Gasteiger partial charge in [0.1, 0.15) is 6.04 Å². The molecule has 0 aromatic rings. The van der Waals surface area contributed by atoms with E-state index in [0.717, 1.165) is 0 Å². The van der Waals surface area contributed by atoms with Gasteiger partial charge in [-0.25, -0.2) is 9.59 Å². The molecule has 2 unspecified atom stereocenters. The van der Waals surface area contributed by atoms with Crippen LogP contribution >= 0.6 is 0 Å². The molecule has 2 N–H and O–H groups in total. The standard InChI is InChI=1S/C11H21NO5/c1-7(2)17-8(3)5-6-9(10(13)14)12-11(15)16-4/h7-9H,5-6H2,1-4H3,(H,12,15)(H,13,14). The summed E-state index contributed by atoms with van der Waals surface area (Å²) in [6.07, 6.45) is 0.172. The second-order valence-corrected chi connectivity index (χ2v) is 4.10. The molecule has 0 heterocycles. The number of nitrogens with one attached hydrogen (secondary N) is 1. The molecule has 6 heteroatoms. The van der Waals surface area contributed by atoms with Gasteiger partial charge in [0.15, 0.2) is 0 Å². The van der Waals surface area contributed by atoms with E-state index < -0.39 is 18.1 Å². The van der Waals surface area contributed by atoms with Crippen molar-refractivity contribution in [1.82, 2.24) is 5.32 Å². The summed E-state index contributed by atoms with van der Waals surface area (Å²) < 4.78 is 9.83. The molecule has 0 aliphatic rings. The largest absolute Gasteiger partial charge is 0.480 e. The monoisotopic (exact) mass is 247 g/mol. The smallest absolute Gasteiger partial charge is 0.407 e. The number of aliphatic carboxylic acids is 1. The van der Waals surface area contributed by atoms with Crippen LogP contribution in [0.3, 0.4) is 0 Å².